The Balaban J connectivity index is 1.83. The highest BCUT2D eigenvalue weighted by molar-refractivity contribution is 6.95. The smallest absolute Gasteiger partial charge is 0.156 e. The molecule has 0 radical (unpaired) electrons. The van der Waals surface area contributed by atoms with Crippen molar-refractivity contribution in [2.75, 3.05) is 0 Å². The topological polar surface area (TPSA) is 17.3 Å². The molecule has 0 aliphatic heterocycles. The molecule has 33 heavy (non-hydrogen) atoms. The fraction of sp³-hybridized carbons (Fsp3) is 0.100. The SMILES string of the molecule is CCc1cccc2c3ccccc3c3nc(C)c([SiH](c4ccccc4)c4ccccc4)n3c12. The van der Waals surface area contributed by atoms with Gasteiger partial charge in [0.05, 0.1) is 11.2 Å². The molecule has 0 aliphatic carbocycles. The van der Waals surface area contributed by atoms with Crippen LogP contribution in [0.2, 0.25) is 0 Å². The van der Waals surface area contributed by atoms with Crippen molar-refractivity contribution in [2.24, 2.45) is 0 Å². The van der Waals surface area contributed by atoms with Crippen molar-refractivity contribution in [2.45, 2.75) is 20.3 Å². The van der Waals surface area contributed by atoms with Gasteiger partial charge >= 0.3 is 0 Å². The number of imidazole rings is 1. The van der Waals surface area contributed by atoms with Crippen LogP contribution in [0.5, 0.6) is 0 Å². The number of aryl methyl sites for hydroxylation is 2. The van der Waals surface area contributed by atoms with Crippen molar-refractivity contribution in [3.63, 3.8) is 0 Å². The first-order valence-electron chi connectivity index (χ1n) is 11.7. The third kappa shape index (κ3) is 3.11. The van der Waals surface area contributed by atoms with Gasteiger partial charge in [-0.05, 0) is 24.3 Å². The zero-order chi connectivity index (χ0) is 22.4. The van der Waals surface area contributed by atoms with Gasteiger partial charge in [0.1, 0.15) is 5.65 Å². The van der Waals surface area contributed by atoms with E-state index in [1.807, 2.05) is 0 Å². The van der Waals surface area contributed by atoms with Crippen molar-refractivity contribution >= 4 is 51.8 Å². The van der Waals surface area contributed by atoms with E-state index in [1.54, 1.807) is 0 Å². The Morgan fingerprint density at radius 2 is 1.24 bits per heavy atom. The summed E-state index contributed by atoms with van der Waals surface area (Å²) in [5.74, 6) is 0. The standard InChI is InChI=1S/C30H26N2Si/c1-3-22-13-12-20-26-25-18-10-11-19-27(25)29-31-21(2)30(32(29)28(22)26)33(23-14-6-4-7-15-23)24-16-8-5-9-17-24/h4-20,33H,3H2,1-2H3. The van der Waals surface area contributed by atoms with Gasteiger partial charge in [0, 0.05) is 16.1 Å². The van der Waals surface area contributed by atoms with Gasteiger partial charge in [-0.3, -0.25) is 4.40 Å². The van der Waals surface area contributed by atoms with Crippen molar-refractivity contribution in [3.05, 3.63) is 114 Å². The molecule has 0 amide bonds. The van der Waals surface area contributed by atoms with Gasteiger partial charge in [-0.25, -0.2) is 4.98 Å². The summed E-state index contributed by atoms with van der Waals surface area (Å²) in [6.07, 6.45) is 0.990. The molecule has 0 spiro atoms. The lowest BCUT2D eigenvalue weighted by Crippen LogP contribution is -2.54. The van der Waals surface area contributed by atoms with Crippen molar-refractivity contribution in [3.8, 4) is 0 Å². The van der Waals surface area contributed by atoms with Crippen LogP contribution in [0.3, 0.4) is 0 Å². The van der Waals surface area contributed by atoms with Crippen LogP contribution < -0.4 is 15.7 Å². The van der Waals surface area contributed by atoms with E-state index in [9.17, 15) is 0 Å². The van der Waals surface area contributed by atoms with E-state index in [0.29, 0.717) is 0 Å². The number of rotatable bonds is 4. The first-order valence-corrected chi connectivity index (χ1v) is 13.4. The summed E-state index contributed by atoms with van der Waals surface area (Å²) in [5.41, 5.74) is 4.91. The van der Waals surface area contributed by atoms with E-state index < -0.39 is 8.80 Å². The predicted molar refractivity (Wildman–Crippen MR) is 143 cm³/mol. The van der Waals surface area contributed by atoms with Crippen molar-refractivity contribution in [1.82, 2.24) is 9.38 Å². The summed E-state index contributed by atoms with van der Waals surface area (Å²) in [4.78, 5) is 5.24. The molecule has 160 valence electrons. The molecule has 2 aromatic heterocycles. The second-order valence-electron chi connectivity index (χ2n) is 8.71. The summed E-state index contributed by atoms with van der Waals surface area (Å²) in [7, 11) is -1.77. The molecule has 0 unspecified atom stereocenters. The maximum Gasteiger partial charge on any atom is 0.156 e. The van der Waals surface area contributed by atoms with Crippen molar-refractivity contribution < 1.29 is 0 Å². The quantitative estimate of drug-likeness (QED) is 0.284. The number of pyridine rings is 1. The van der Waals surface area contributed by atoms with E-state index >= 15 is 0 Å². The second kappa shape index (κ2) is 8.02. The van der Waals surface area contributed by atoms with Crippen LogP contribution in [0.1, 0.15) is 18.2 Å². The molecule has 0 aliphatic rings. The summed E-state index contributed by atoms with van der Waals surface area (Å²) < 4.78 is 2.52. The first-order chi connectivity index (χ1) is 16.3. The minimum atomic E-state index is -1.77. The van der Waals surface area contributed by atoms with E-state index in [-0.39, 0.29) is 0 Å². The summed E-state index contributed by atoms with van der Waals surface area (Å²) in [6.45, 7) is 4.45. The number of benzene rings is 4. The van der Waals surface area contributed by atoms with E-state index in [4.69, 9.17) is 4.98 Å². The first kappa shape index (κ1) is 20.0. The number of hydrogen-bond acceptors (Lipinski definition) is 1. The van der Waals surface area contributed by atoms with Gasteiger partial charge in [-0.2, -0.15) is 0 Å². The van der Waals surface area contributed by atoms with Gasteiger partial charge in [-0.1, -0.05) is 120 Å². The number of fused-ring (bicyclic) bond motifs is 6. The molecular formula is C30H26N2Si. The molecule has 4 aromatic carbocycles. The molecule has 0 fully saturated rings. The normalized spacial score (nSPS) is 11.7. The summed E-state index contributed by atoms with van der Waals surface area (Å²) in [6, 6.07) is 37.6. The highest BCUT2D eigenvalue weighted by Gasteiger charge is 2.27. The van der Waals surface area contributed by atoms with Gasteiger partial charge in [0.2, 0.25) is 0 Å². The third-order valence-corrected chi connectivity index (χ3v) is 10.1. The number of hydrogen-bond donors (Lipinski definition) is 0. The molecule has 0 saturated carbocycles. The lowest BCUT2D eigenvalue weighted by molar-refractivity contribution is 1.13. The minimum Gasteiger partial charge on any atom is -0.299 e. The average molecular weight is 443 g/mol. The molecule has 2 nitrogen and oxygen atoms in total. The molecule has 6 aromatic rings. The Bertz CT molecular complexity index is 1560. The van der Waals surface area contributed by atoms with Crippen LogP contribution >= 0.6 is 0 Å². The highest BCUT2D eigenvalue weighted by Crippen LogP contribution is 2.31. The second-order valence-corrected chi connectivity index (χ2v) is 11.5. The van der Waals surface area contributed by atoms with Crippen LogP contribution in [0.25, 0.3) is 27.3 Å². The third-order valence-electron chi connectivity index (χ3n) is 6.82. The average Bonchev–Trinajstić information content (AvgIpc) is 3.22. The van der Waals surface area contributed by atoms with Gasteiger partial charge in [0.25, 0.3) is 0 Å². The largest absolute Gasteiger partial charge is 0.299 e. The van der Waals surface area contributed by atoms with Gasteiger partial charge in [0.15, 0.2) is 8.80 Å². The number of para-hydroxylation sites is 1. The van der Waals surface area contributed by atoms with Gasteiger partial charge < -0.3 is 0 Å². The van der Waals surface area contributed by atoms with Crippen LogP contribution in [0.4, 0.5) is 0 Å². The number of aromatic nitrogens is 2. The highest BCUT2D eigenvalue weighted by atomic mass is 28.3. The summed E-state index contributed by atoms with van der Waals surface area (Å²) in [5, 5.41) is 8.04. The Hall–Kier alpha value is -3.69. The monoisotopic (exact) mass is 442 g/mol. The molecule has 6 rings (SSSR count). The fourth-order valence-corrected chi connectivity index (χ4v) is 8.58. The maximum absolute atomic E-state index is 5.24. The zero-order valence-corrected chi connectivity index (χ0v) is 20.1. The maximum atomic E-state index is 5.24. The molecule has 0 saturated heterocycles. The predicted octanol–water partition coefficient (Wildman–Crippen LogP) is 4.76. The molecule has 3 heteroatoms. The van der Waals surface area contributed by atoms with Crippen LogP contribution in [0, 0.1) is 6.92 Å². The Morgan fingerprint density at radius 3 is 1.88 bits per heavy atom. The Morgan fingerprint density at radius 1 is 0.667 bits per heavy atom. The minimum absolute atomic E-state index is 0.990. The lowest BCUT2D eigenvalue weighted by Gasteiger charge is -2.20. The van der Waals surface area contributed by atoms with E-state index in [0.717, 1.165) is 17.8 Å². The molecule has 0 N–H and O–H groups in total. The van der Waals surface area contributed by atoms with E-state index in [1.165, 1.54) is 42.9 Å². The zero-order valence-electron chi connectivity index (χ0n) is 19.0. The Labute approximate surface area is 195 Å². The lowest BCUT2D eigenvalue weighted by atomic mass is 10.0. The fourth-order valence-electron chi connectivity index (χ4n) is 5.36. The van der Waals surface area contributed by atoms with Crippen LogP contribution in [-0.2, 0) is 6.42 Å². The Kier molecular flexibility index (Phi) is 4.85. The van der Waals surface area contributed by atoms with Crippen LogP contribution in [0.15, 0.2) is 103 Å². The molecule has 0 bridgehead atoms. The number of nitrogens with zero attached hydrogens (tertiary/aromatic N) is 2. The van der Waals surface area contributed by atoms with Crippen LogP contribution in [-0.4, -0.2) is 18.2 Å². The van der Waals surface area contributed by atoms with E-state index in [2.05, 4.69) is 121 Å². The van der Waals surface area contributed by atoms with Crippen molar-refractivity contribution in [1.29, 1.82) is 0 Å². The summed E-state index contributed by atoms with van der Waals surface area (Å²) >= 11 is 0. The molecular weight excluding hydrogens is 416 g/mol. The van der Waals surface area contributed by atoms with Gasteiger partial charge in [-0.15, -0.1) is 0 Å². The molecule has 0 atom stereocenters. The molecule has 2 heterocycles.